The summed E-state index contributed by atoms with van der Waals surface area (Å²) in [6.07, 6.45) is 0.901. The van der Waals surface area contributed by atoms with Crippen LogP contribution in [0.5, 0.6) is 5.75 Å². The molecular formula is C18H18N2O4S. The van der Waals surface area contributed by atoms with Crippen LogP contribution in [0, 0.1) is 6.92 Å². The average Bonchev–Trinajstić information content (AvgIpc) is 3.26. The van der Waals surface area contributed by atoms with Gasteiger partial charge in [-0.15, -0.1) is 21.5 Å². The van der Waals surface area contributed by atoms with Gasteiger partial charge in [0.15, 0.2) is 6.61 Å². The third-order valence-electron chi connectivity index (χ3n) is 3.67. The molecule has 0 spiro atoms. The molecule has 0 N–H and O–H groups in total. The van der Waals surface area contributed by atoms with Crippen LogP contribution in [0.3, 0.4) is 0 Å². The monoisotopic (exact) mass is 358 g/mol. The Morgan fingerprint density at radius 1 is 1.24 bits per heavy atom. The zero-order chi connectivity index (χ0) is 17.8. The third-order valence-corrected chi connectivity index (χ3v) is 5.03. The Bertz CT molecular complexity index is 868. The van der Waals surface area contributed by atoms with Crippen molar-refractivity contribution in [1.82, 2.24) is 10.2 Å². The van der Waals surface area contributed by atoms with Crippen LogP contribution < -0.4 is 4.74 Å². The minimum absolute atomic E-state index is 0.0552. The van der Waals surface area contributed by atoms with E-state index in [0.29, 0.717) is 10.8 Å². The highest BCUT2D eigenvalue weighted by atomic mass is 32.1. The number of aryl methyl sites for hydroxylation is 2. The highest BCUT2D eigenvalue weighted by Crippen LogP contribution is 2.24. The molecule has 0 aliphatic heterocycles. The lowest BCUT2D eigenvalue weighted by atomic mass is 10.2. The maximum absolute atomic E-state index is 12.1. The molecular weight excluding hydrogens is 340 g/mol. The summed E-state index contributed by atoms with van der Waals surface area (Å²) in [5.41, 5.74) is 1.88. The summed E-state index contributed by atoms with van der Waals surface area (Å²) in [6.45, 7) is 4.00. The maximum Gasteiger partial charge on any atom is 0.348 e. The molecule has 6 nitrogen and oxygen atoms in total. The predicted octanol–water partition coefficient (Wildman–Crippen LogP) is 4.03. The van der Waals surface area contributed by atoms with E-state index in [1.54, 1.807) is 7.11 Å². The molecule has 0 bridgehead atoms. The van der Waals surface area contributed by atoms with Crippen molar-refractivity contribution in [2.24, 2.45) is 0 Å². The fourth-order valence-corrected chi connectivity index (χ4v) is 3.34. The molecule has 25 heavy (non-hydrogen) atoms. The minimum Gasteiger partial charge on any atom is -0.497 e. The Kier molecular flexibility index (Phi) is 5.14. The predicted molar refractivity (Wildman–Crippen MR) is 93.8 cm³/mol. The van der Waals surface area contributed by atoms with Crippen LogP contribution in [0.4, 0.5) is 0 Å². The second-order valence-corrected chi connectivity index (χ2v) is 6.51. The molecule has 0 amide bonds. The van der Waals surface area contributed by atoms with Crippen LogP contribution in [0.15, 0.2) is 34.7 Å². The number of ether oxygens (including phenoxy) is 2. The number of esters is 1. The van der Waals surface area contributed by atoms with E-state index in [0.717, 1.165) is 23.3 Å². The Balaban J connectivity index is 1.63. The highest BCUT2D eigenvalue weighted by molar-refractivity contribution is 7.14. The molecule has 0 saturated carbocycles. The molecule has 130 valence electrons. The van der Waals surface area contributed by atoms with Gasteiger partial charge in [0, 0.05) is 10.4 Å². The van der Waals surface area contributed by atoms with E-state index in [2.05, 4.69) is 17.1 Å². The molecule has 0 saturated heterocycles. The van der Waals surface area contributed by atoms with Crippen molar-refractivity contribution in [3.63, 3.8) is 0 Å². The van der Waals surface area contributed by atoms with Gasteiger partial charge in [0.2, 0.25) is 5.89 Å². The van der Waals surface area contributed by atoms with Crippen molar-refractivity contribution in [3.8, 4) is 17.2 Å². The fraction of sp³-hybridized carbons (Fsp3) is 0.278. The van der Waals surface area contributed by atoms with Crippen molar-refractivity contribution in [1.29, 1.82) is 0 Å². The number of aromatic nitrogens is 2. The quantitative estimate of drug-likeness (QED) is 0.619. The second kappa shape index (κ2) is 7.48. The molecule has 3 aromatic rings. The fourth-order valence-electron chi connectivity index (χ4n) is 2.33. The SMILES string of the molecule is CCc1sc(C(=O)OCc2nnc(-c3ccc(OC)cc3)o2)cc1C. The number of carbonyl (C=O) groups excluding carboxylic acids is 1. The lowest BCUT2D eigenvalue weighted by Crippen LogP contribution is -2.03. The summed E-state index contributed by atoms with van der Waals surface area (Å²) in [5.74, 6) is 0.990. The van der Waals surface area contributed by atoms with Crippen LogP contribution in [0.1, 0.15) is 32.9 Å². The smallest absolute Gasteiger partial charge is 0.348 e. The van der Waals surface area contributed by atoms with Crippen LogP contribution in [0.25, 0.3) is 11.5 Å². The van der Waals surface area contributed by atoms with E-state index in [9.17, 15) is 4.79 Å². The normalized spacial score (nSPS) is 10.7. The topological polar surface area (TPSA) is 74.5 Å². The average molecular weight is 358 g/mol. The summed E-state index contributed by atoms with van der Waals surface area (Å²) in [6, 6.07) is 9.11. The zero-order valence-electron chi connectivity index (χ0n) is 14.2. The summed E-state index contributed by atoms with van der Waals surface area (Å²) >= 11 is 1.46. The van der Waals surface area contributed by atoms with Gasteiger partial charge in [-0.25, -0.2) is 4.79 Å². The lowest BCUT2D eigenvalue weighted by Gasteiger charge is -2.00. The van der Waals surface area contributed by atoms with Crippen LogP contribution >= 0.6 is 11.3 Å². The van der Waals surface area contributed by atoms with E-state index in [1.807, 2.05) is 37.3 Å². The summed E-state index contributed by atoms with van der Waals surface area (Å²) < 4.78 is 15.9. The van der Waals surface area contributed by atoms with E-state index in [-0.39, 0.29) is 18.5 Å². The van der Waals surface area contributed by atoms with Gasteiger partial charge < -0.3 is 13.9 Å². The Morgan fingerprint density at radius 2 is 2.00 bits per heavy atom. The van der Waals surface area contributed by atoms with Crippen molar-refractivity contribution < 1.29 is 18.7 Å². The van der Waals surface area contributed by atoms with E-state index in [1.165, 1.54) is 16.2 Å². The Morgan fingerprint density at radius 3 is 2.64 bits per heavy atom. The van der Waals surface area contributed by atoms with Gasteiger partial charge >= 0.3 is 5.97 Å². The second-order valence-electron chi connectivity index (χ2n) is 5.38. The van der Waals surface area contributed by atoms with Crippen molar-refractivity contribution in [2.45, 2.75) is 26.9 Å². The van der Waals surface area contributed by atoms with Crippen LogP contribution in [-0.4, -0.2) is 23.3 Å². The number of hydrogen-bond donors (Lipinski definition) is 0. The van der Waals surface area contributed by atoms with Gasteiger partial charge in [0.05, 0.1) is 7.11 Å². The molecule has 0 fully saturated rings. The number of carbonyl (C=O) groups is 1. The Labute approximate surface area is 149 Å². The molecule has 1 aromatic carbocycles. The first-order valence-corrected chi connectivity index (χ1v) is 8.65. The van der Waals surface area contributed by atoms with Crippen LogP contribution in [0.2, 0.25) is 0 Å². The van der Waals surface area contributed by atoms with Gasteiger partial charge in [-0.2, -0.15) is 0 Å². The summed E-state index contributed by atoms with van der Waals surface area (Å²) in [5, 5.41) is 7.90. The molecule has 0 unspecified atom stereocenters. The molecule has 2 heterocycles. The number of rotatable bonds is 6. The molecule has 0 radical (unpaired) electrons. The van der Waals surface area contributed by atoms with Crippen LogP contribution in [-0.2, 0) is 17.8 Å². The van der Waals surface area contributed by atoms with Gasteiger partial charge in [-0.05, 0) is 49.2 Å². The van der Waals surface area contributed by atoms with Gasteiger partial charge in [-0.1, -0.05) is 6.92 Å². The number of hydrogen-bond acceptors (Lipinski definition) is 7. The van der Waals surface area contributed by atoms with E-state index < -0.39 is 0 Å². The summed E-state index contributed by atoms with van der Waals surface area (Å²) in [4.78, 5) is 13.9. The highest BCUT2D eigenvalue weighted by Gasteiger charge is 2.15. The molecule has 2 aromatic heterocycles. The minimum atomic E-state index is -0.378. The standard InChI is InChI=1S/C18H18N2O4S/c1-4-14-11(2)9-15(25-14)18(21)23-10-16-19-20-17(24-16)12-5-7-13(22-3)8-6-12/h5-9H,4,10H2,1-3H3. The number of thiophene rings is 1. The molecule has 0 atom stereocenters. The maximum atomic E-state index is 12.1. The number of benzene rings is 1. The first-order chi connectivity index (χ1) is 12.1. The third kappa shape index (κ3) is 3.88. The summed E-state index contributed by atoms with van der Waals surface area (Å²) in [7, 11) is 1.60. The van der Waals surface area contributed by atoms with Crippen molar-refractivity contribution >= 4 is 17.3 Å². The largest absolute Gasteiger partial charge is 0.497 e. The first kappa shape index (κ1) is 17.2. The van der Waals surface area contributed by atoms with Gasteiger partial charge in [-0.3, -0.25) is 0 Å². The lowest BCUT2D eigenvalue weighted by molar-refractivity contribution is 0.0444. The number of methoxy groups -OCH3 is 1. The Hall–Kier alpha value is -2.67. The van der Waals surface area contributed by atoms with E-state index >= 15 is 0 Å². The van der Waals surface area contributed by atoms with Gasteiger partial charge in [0.1, 0.15) is 10.6 Å². The molecule has 0 aliphatic rings. The first-order valence-electron chi connectivity index (χ1n) is 7.84. The van der Waals surface area contributed by atoms with Crippen molar-refractivity contribution in [2.75, 3.05) is 7.11 Å². The van der Waals surface area contributed by atoms with E-state index in [4.69, 9.17) is 13.9 Å². The molecule has 7 heteroatoms. The zero-order valence-corrected chi connectivity index (χ0v) is 15.1. The molecule has 3 rings (SSSR count). The number of nitrogens with zero attached hydrogens (tertiary/aromatic N) is 2. The molecule has 0 aliphatic carbocycles. The van der Waals surface area contributed by atoms with Gasteiger partial charge in [0.25, 0.3) is 5.89 Å². The van der Waals surface area contributed by atoms with Crippen molar-refractivity contribution in [3.05, 3.63) is 51.5 Å².